The van der Waals surface area contributed by atoms with E-state index < -0.39 is 0 Å². The van der Waals surface area contributed by atoms with Crippen LogP contribution >= 0.6 is 11.3 Å². The lowest BCUT2D eigenvalue weighted by atomic mass is 10.0. The summed E-state index contributed by atoms with van der Waals surface area (Å²) in [5, 5.41) is 13.0. The fourth-order valence-corrected chi connectivity index (χ4v) is 4.80. The van der Waals surface area contributed by atoms with Gasteiger partial charge in [0.2, 0.25) is 0 Å². The summed E-state index contributed by atoms with van der Waals surface area (Å²) in [5.41, 5.74) is 1.56. The van der Waals surface area contributed by atoms with Crippen LogP contribution in [0.4, 0.5) is 10.5 Å². The fourth-order valence-electron chi connectivity index (χ4n) is 3.92. The minimum absolute atomic E-state index is 0.0723. The molecular weight excluding hydrogens is 322 g/mol. The molecule has 2 aliphatic rings. The Kier molecular flexibility index (Phi) is 4.02. The number of aromatic nitrogens is 1. The molecule has 2 atom stereocenters. The molecule has 0 spiro atoms. The number of aliphatic hydroxyl groups is 1. The van der Waals surface area contributed by atoms with Crippen LogP contribution < -0.4 is 5.32 Å². The Labute approximate surface area is 145 Å². The Bertz CT molecular complexity index is 746. The van der Waals surface area contributed by atoms with Gasteiger partial charge >= 0.3 is 6.03 Å². The van der Waals surface area contributed by atoms with Gasteiger partial charge in [-0.3, -0.25) is 4.98 Å². The maximum atomic E-state index is 12.8. The highest BCUT2D eigenvalue weighted by Gasteiger charge is 2.42. The first-order valence-corrected chi connectivity index (χ1v) is 9.22. The zero-order valence-corrected chi connectivity index (χ0v) is 14.4. The number of fused-ring (bicyclic) bond motifs is 2. The van der Waals surface area contributed by atoms with Gasteiger partial charge < -0.3 is 15.3 Å². The zero-order valence-electron chi connectivity index (χ0n) is 13.6. The van der Waals surface area contributed by atoms with E-state index in [0.717, 1.165) is 29.1 Å². The highest BCUT2D eigenvalue weighted by molar-refractivity contribution is 7.15. The molecule has 0 aromatic carbocycles. The number of amides is 2. The number of hydrogen-bond donors (Lipinski definition) is 2. The topological polar surface area (TPSA) is 65.5 Å². The molecule has 24 heavy (non-hydrogen) atoms. The molecule has 4 rings (SSSR count). The third-order valence-corrected chi connectivity index (χ3v) is 5.97. The van der Waals surface area contributed by atoms with Gasteiger partial charge in [0.05, 0.1) is 16.7 Å². The minimum Gasteiger partial charge on any atom is -0.393 e. The van der Waals surface area contributed by atoms with Gasteiger partial charge in [0.15, 0.2) is 0 Å². The number of aryl methyl sites for hydroxylation is 1. The lowest BCUT2D eigenvalue weighted by Crippen LogP contribution is -2.49. The Balaban J connectivity index is 1.57. The summed E-state index contributed by atoms with van der Waals surface area (Å²) >= 11 is 1.67. The van der Waals surface area contributed by atoms with Crippen molar-refractivity contribution >= 4 is 23.1 Å². The summed E-state index contributed by atoms with van der Waals surface area (Å²) < 4.78 is 0. The highest BCUT2D eigenvalue weighted by atomic mass is 32.1. The molecule has 0 aliphatic carbocycles. The smallest absolute Gasteiger partial charge is 0.322 e. The molecule has 2 amide bonds. The molecule has 2 aromatic heterocycles. The van der Waals surface area contributed by atoms with Crippen molar-refractivity contribution in [1.82, 2.24) is 9.88 Å². The van der Waals surface area contributed by atoms with Crippen molar-refractivity contribution in [2.24, 2.45) is 0 Å². The van der Waals surface area contributed by atoms with E-state index in [2.05, 4.69) is 23.3 Å². The van der Waals surface area contributed by atoms with E-state index in [1.54, 1.807) is 17.5 Å². The van der Waals surface area contributed by atoms with Crippen LogP contribution in [0, 0.1) is 6.92 Å². The number of anilines is 1. The van der Waals surface area contributed by atoms with Crippen molar-refractivity contribution in [2.45, 2.75) is 50.8 Å². The molecule has 0 radical (unpaired) electrons. The van der Waals surface area contributed by atoms with Crippen LogP contribution in [0.15, 0.2) is 30.5 Å². The van der Waals surface area contributed by atoms with Gasteiger partial charge in [0.1, 0.15) is 5.69 Å². The molecule has 5 nitrogen and oxygen atoms in total. The lowest BCUT2D eigenvalue weighted by Gasteiger charge is -2.37. The van der Waals surface area contributed by atoms with E-state index in [-0.39, 0.29) is 24.2 Å². The van der Waals surface area contributed by atoms with E-state index in [1.807, 2.05) is 23.1 Å². The number of pyridine rings is 1. The van der Waals surface area contributed by atoms with Gasteiger partial charge in [-0.25, -0.2) is 4.79 Å². The second-order valence-corrected chi connectivity index (χ2v) is 7.95. The van der Waals surface area contributed by atoms with Crippen LogP contribution in [0.1, 0.15) is 30.6 Å². The first kappa shape index (κ1) is 15.6. The van der Waals surface area contributed by atoms with Gasteiger partial charge in [-0.2, -0.15) is 0 Å². The molecule has 2 N–H and O–H groups in total. The molecule has 4 heterocycles. The summed E-state index contributed by atoms with van der Waals surface area (Å²) in [6.45, 7) is 2.06. The van der Waals surface area contributed by atoms with Crippen LogP contribution in [0.25, 0.3) is 10.6 Å². The van der Waals surface area contributed by atoms with E-state index in [0.29, 0.717) is 12.8 Å². The number of urea groups is 1. The SMILES string of the molecule is Cc1ccc(-c2ncccc2NC(=O)N2C3CCC2CC(O)C3)s1. The molecule has 126 valence electrons. The van der Waals surface area contributed by atoms with Crippen LogP contribution in [-0.4, -0.2) is 39.2 Å². The van der Waals surface area contributed by atoms with Gasteiger partial charge in [0, 0.05) is 23.2 Å². The average molecular weight is 343 g/mol. The number of carbonyl (C=O) groups is 1. The molecule has 2 fully saturated rings. The zero-order chi connectivity index (χ0) is 16.7. The van der Waals surface area contributed by atoms with Crippen LogP contribution in [0.2, 0.25) is 0 Å². The predicted octanol–water partition coefficient (Wildman–Crippen LogP) is 3.64. The molecule has 2 unspecified atom stereocenters. The van der Waals surface area contributed by atoms with Crippen molar-refractivity contribution in [2.75, 3.05) is 5.32 Å². The number of piperidine rings is 1. The number of rotatable bonds is 2. The average Bonchev–Trinajstić information content (AvgIpc) is 3.10. The number of nitrogens with one attached hydrogen (secondary N) is 1. The van der Waals surface area contributed by atoms with E-state index in [4.69, 9.17) is 0 Å². The third-order valence-electron chi connectivity index (χ3n) is 4.97. The minimum atomic E-state index is -0.269. The van der Waals surface area contributed by atoms with E-state index in [1.165, 1.54) is 4.88 Å². The Morgan fingerprint density at radius 3 is 2.71 bits per heavy atom. The molecular formula is C18H21N3O2S. The van der Waals surface area contributed by atoms with Crippen LogP contribution in [0.3, 0.4) is 0 Å². The molecule has 2 aromatic rings. The van der Waals surface area contributed by atoms with Gasteiger partial charge in [-0.05, 0) is 56.9 Å². The Morgan fingerprint density at radius 1 is 1.29 bits per heavy atom. The van der Waals surface area contributed by atoms with E-state index in [9.17, 15) is 9.90 Å². The molecule has 2 saturated heterocycles. The van der Waals surface area contributed by atoms with Crippen molar-refractivity contribution in [1.29, 1.82) is 0 Å². The van der Waals surface area contributed by atoms with Crippen LogP contribution in [-0.2, 0) is 0 Å². The number of carbonyl (C=O) groups excluding carboxylic acids is 1. The molecule has 2 bridgehead atoms. The first-order chi connectivity index (χ1) is 11.6. The summed E-state index contributed by atoms with van der Waals surface area (Å²) in [6, 6.07) is 8.08. The summed E-state index contributed by atoms with van der Waals surface area (Å²) in [4.78, 5) is 21.5. The normalized spacial score (nSPS) is 25.8. The molecule has 2 aliphatic heterocycles. The predicted molar refractivity (Wildman–Crippen MR) is 95.2 cm³/mol. The third kappa shape index (κ3) is 2.80. The number of aliphatic hydroxyl groups excluding tert-OH is 1. The van der Waals surface area contributed by atoms with Crippen molar-refractivity contribution in [3.63, 3.8) is 0 Å². The lowest BCUT2D eigenvalue weighted by molar-refractivity contribution is 0.0580. The van der Waals surface area contributed by atoms with E-state index >= 15 is 0 Å². The van der Waals surface area contributed by atoms with Crippen molar-refractivity contribution < 1.29 is 9.90 Å². The number of thiophene rings is 1. The maximum absolute atomic E-state index is 12.8. The number of nitrogens with zero attached hydrogens (tertiary/aromatic N) is 2. The summed E-state index contributed by atoms with van der Waals surface area (Å²) in [7, 11) is 0. The largest absolute Gasteiger partial charge is 0.393 e. The van der Waals surface area contributed by atoms with Crippen molar-refractivity contribution in [3.05, 3.63) is 35.3 Å². The second kappa shape index (κ2) is 6.18. The quantitative estimate of drug-likeness (QED) is 0.875. The Hall–Kier alpha value is -1.92. The summed E-state index contributed by atoms with van der Waals surface area (Å²) in [6.07, 6.45) is 4.83. The van der Waals surface area contributed by atoms with Gasteiger partial charge in [0.25, 0.3) is 0 Å². The monoisotopic (exact) mass is 343 g/mol. The van der Waals surface area contributed by atoms with Gasteiger partial charge in [-0.1, -0.05) is 0 Å². The van der Waals surface area contributed by atoms with Crippen molar-refractivity contribution in [3.8, 4) is 10.6 Å². The van der Waals surface area contributed by atoms with Gasteiger partial charge in [-0.15, -0.1) is 11.3 Å². The Morgan fingerprint density at radius 2 is 2.04 bits per heavy atom. The second-order valence-electron chi connectivity index (χ2n) is 6.66. The van der Waals surface area contributed by atoms with Crippen LogP contribution in [0.5, 0.6) is 0 Å². The fraction of sp³-hybridized carbons (Fsp3) is 0.444. The number of hydrogen-bond acceptors (Lipinski definition) is 4. The maximum Gasteiger partial charge on any atom is 0.322 e. The molecule has 0 saturated carbocycles. The standard InChI is InChI=1S/C18H21N3O2S/c1-11-4-7-16(24-11)17-15(3-2-8-19-17)20-18(23)21-12-5-6-13(21)10-14(22)9-12/h2-4,7-8,12-14,22H,5-6,9-10H2,1H3,(H,20,23). The molecule has 6 heteroatoms. The summed E-state index contributed by atoms with van der Waals surface area (Å²) in [5.74, 6) is 0. The first-order valence-electron chi connectivity index (χ1n) is 8.41. The highest BCUT2D eigenvalue weighted by Crippen LogP contribution is 2.37.